The van der Waals surface area contributed by atoms with Crippen molar-refractivity contribution in [3.8, 4) is 46.0 Å². The van der Waals surface area contributed by atoms with Crippen LogP contribution in [0.25, 0.3) is 10.8 Å². The highest BCUT2D eigenvalue weighted by atomic mass is 16.6. The second kappa shape index (κ2) is 20.3. The Balaban J connectivity index is 1.69. The molecule has 0 radical (unpaired) electrons. The van der Waals surface area contributed by atoms with Crippen LogP contribution < -0.4 is 37.9 Å². The molecule has 0 saturated heterocycles. The smallest absolute Gasteiger partial charge is 0.343 e. The van der Waals surface area contributed by atoms with Crippen molar-refractivity contribution in [1.82, 2.24) is 0 Å². The Kier molecular flexibility index (Phi) is 15.2. The minimum absolute atomic E-state index is 0.0158. The summed E-state index contributed by atoms with van der Waals surface area (Å²) in [7, 11) is 0. The molecule has 4 aromatic rings. The fourth-order valence-corrected chi connectivity index (χ4v) is 4.66. The van der Waals surface area contributed by atoms with Crippen LogP contribution in [0.15, 0.2) is 134 Å². The molecule has 0 aliphatic rings. The van der Waals surface area contributed by atoms with Crippen molar-refractivity contribution in [2.75, 3.05) is 0 Å². The van der Waals surface area contributed by atoms with Crippen molar-refractivity contribution >= 4 is 58.5 Å². The van der Waals surface area contributed by atoms with Crippen molar-refractivity contribution in [2.24, 2.45) is 0 Å². The van der Waals surface area contributed by atoms with Gasteiger partial charge < -0.3 is 37.9 Å². The fourth-order valence-electron chi connectivity index (χ4n) is 4.66. The first-order valence-electron chi connectivity index (χ1n) is 18.6. The lowest BCUT2D eigenvalue weighted by atomic mass is 10.1. The zero-order chi connectivity index (χ0) is 47.7. The summed E-state index contributed by atoms with van der Waals surface area (Å²) >= 11 is 0. The molecule has 4 rings (SSSR count). The Labute approximate surface area is 366 Å². The van der Waals surface area contributed by atoms with Gasteiger partial charge in [-0.1, -0.05) is 51.6 Å². The van der Waals surface area contributed by atoms with Crippen LogP contribution in [-0.4, -0.2) is 47.8 Å². The molecule has 0 aliphatic carbocycles. The zero-order valence-corrected chi connectivity index (χ0v) is 35.5. The summed E-state index contributed by atoms with van der Waals surface area (Å²) in [6, 6.07) is 13.0. The van der Waals surface area contributed by atoms with Gasteiger partial charge in [0.25, 0.3) is 0 Å². The zero-order valence-electron chi connectivity index (χ0n) is 35.5. The van der Waals surface area contributed by atoms with Gasteiger partial charge in [-0.15, -0.1) is 0 Å². The van der Waals surface area contributed by atoms with Crippen molar-refractivity contribution < 1.29 is 76.3 Å². The molecule has 0 atom stereocenters. The largest absolute Gasteiger partial charge is 0.423 e. The maximum absolute atomic E-state index is 13.6. The van der Waals surface area contributed by atoms with E-state index in [1.165, 1.54) is 77.9 Å². The van der Waals surface area contributed by atoms with Crippen LogP contribution in [0.5, 0.6) is 46.0 Å². The molecule has 0 N–H and O–H groups in total. The van der Waals surface area contributed by atoms with E-state index < -0.39 is 82.3 Å². The van der Waals surface area contributed by atoms with E-state index in [9.17, 15) is 38.4 Å². The normalized spacial score (nSPS) is 10.3. The highest BCUT2D eigenvalue weighted by Crippen LogP contribution is 2.42. The monoisotopic (exact) mass is 872 g/mol. The lowest BCUT2D eigenvalue weighted by molar-refractivity contribution is -0.133. The third-order valence-corrected chi connectivity index (χ3v) is 8.01. The summed E-state index contributed by atoms with van der Waals surface area (Å²) in [4.78, 5) is 103. The molecular weight excluding hydrogens is 833 g/mol. The first kappa shape index (κ1) is 48.0. The van der Waals surface area contributed by atoms with Gasteiger partial charge in [0.1, 0.15) is 11.5 Å². The van der Waals surface area contributed by atoms with Gasteiger partial charge in [0, 0.05) is 33.4 Å². The summed E-state index contributed by atoms with van der Waals surface area (Å²) in [6.07, 6.45) is 0. The van der Waals surface area contributed by atoms with Crippen molar-refractivity contribution in [3.05, 3.63) is 145 Å². The highest BCUT2D eigenvalue weighted by Gasteiger charge is 2.28. The molecule has 4 aromatic carbocycles. The van der Waals surface area contributed by atoms with Crippen LogP contribution in [-0.2, 0) is 28.8 Å². The number of hydrogen-bond donors (Lipinski definition) is 0. The van der Waals surface area contributed by atoms with Gasteiger partial charge in [0.15, 0.2) is 23.0 Å². The van der Waals surface area contributed by atoms with E-state index in [-0.39, 0.29) is 56.1 Å². The molecule has 328 valence electrons. The van der Waals surface area contributed by atoms with E-state index in [2.05, 4.69) is 39.5 Å². The van der Waals surface area contributed by atoms with Gasteiger partial charge in [0.2, 0.25) is 11.5 Å². The standard InChI is InChI=1S/C48H40O16/c1-23(2)41(49)59-35-19-31(20-36(60-42(50)24(3)4)39(35)63-45(53)27(9)10)47(55)57-33-15-13-30-18-34(16-14-29(30)17-33)58-48(56)32-21-37(61-43(51)25(5)6)40(64-46(54)28(11)12)38(22-32)62-44(52)26(7)8/h13-22H,1,3,5,7,9,11H2,2,4,6,8,10,12H3. The number of benzene rings is 4. The first-order chi connectivity index (χ1) is 29.9. The van der Waals surface area contributed by atoms with Crippen LogP contribution >= 0.6 is 0 Å². The number of ether oxygens (including phenoxy) is 8. The van der Waals surface area contributed by atoms with Crippen molar-refractivity contribution in [2.45, 2.75) is 41.5 Å². The van der Waals surface area contributed by atoms with Crippen LogP contribution in [0, 0.1) is 0 Å². The molecule has 0 fully saturated rings. The van der Waals surface area contributed by atoms with Crippen LogP contribution in [0.2, 0.25) is 0 Å². The predicted molar refractivity (Wildman–Crippen MR) is 229 cm³/mol. The minimum atomic E-state index is -1.02. The molecule has 0 spiro atoms. The van der Waals surface area contributed by atoms with Gasteiger partial charge >= 0.3 is 47.8 Å². The Morgan fingerprint density at radius 2 is 0.562 bits per heavy atom. The summed E-state index contributed by atoms with van der Waals surface area (Å²) < 4.78 is 43.3. The Bertz CT molecular complexity index is 2500. The number of esters is 8. The average molecular weight is 873 g/mol. The summed E-state index contributed by atoms with van der Waals surface area (Å²) in [5.41, 5.74) is -0.916. The molecule has 0 aliphatic heterocycles. The third kappa shape index (κ3) is 12.2. The molecule has 0 heterocycles. The molecule has 64 heavy (non-hydrogen) atoms. The number of hydrogen-bond acceptors (Lipinski definition) is 16. The lowest BCUT2D eigenvalue weighted by Gasteiger charge is -2.16. The van der Waals surface area contributed by atoms with Gasteiger partial charge in [-0.3, -0.25) is 0 Å². The number of rotatable bonds is 16. The van der Waals surface area contributed by atoms with Crippen molar-refractivity contribution in [3.63, 3.8) is 0 Å². The summed E-state index contributed by atoms with van der Waals surface area (Å²) in [5.74, 6) is -10.8. The number of fused-ring (bicyclic) bond motifs is 1. The Morgan fingerprint density at radius 1 is 0.328 bits per heavy atom. The fraction of sp³-hybridized carbons (Fsp3) is 0.125. The third-order valence-electron chi connectivity index (χ3n) is 8.01. The minimum Gasteiger partial charge on any atom is -0.423 e. The lowest BCUT2D eigenvalue weighted by Crippen LogP contribution is -2.17. The summed E-state index contributed by atoms with van der Waals surface area (Å²) in [6.45, 7) is 29.2. The molecule has 0 bridgehead atoms. The van der Waals surface area contributed by atoms with Gasteiger partial charge in [-0.05, 0) is 101 Å². The number of carbonyl (C=O) groups is 8. The molecule has 0 aromatic heterocycles. The Morgan fingerprint density at radius 3 is 0.797 bits per heavy atom. The number of carbonyl (C=O) groups excluding carboxylic acids is 8. The SMILES string of the molecule is C=C(C)C(=O)Oc1cc(C(=O)Oc2ccc3cc(OC(=O)c4cc(OC(=O)C(=C)C)c(OC(=O)C(=C)C)c(OC(=O)C(=C)C)c4)ccc3c2)cc(OC(=O)C(=C)C)c1OC(=O)C(=C)C. The van der Waals surface area contributed by atoms with E-state index in [1.54, 1.807) is 0 Å². The van der Waals surface area contributed by atoms with Crippen LogP contribution in [0.3, 0.4) is 0 Å². The summed E-state index contributed by atoms with van der Waals surface area (Å²) in [5, 5.41) is 0.983. The quantitative estimate of drug-likeness (QED) is 0.0590. The van der Waals surface area contributed by atoms with Gasteiger partial charge in [-0.2, -0.15) is 0 Å². The molecule has 16 heteroatoms. The van der Waals surface area contributed by atoms with E-state index in [1.807, 2.05) is 0 Å². The molecular formula is C48H40O16. The van der Waals surface area contributed by atoms with E-state index >= 15 is 0 Å². The second-order valence-electron chi connectivity index (χ2n) is 14.1. The molecule has 0 amide bonds. The maximum Gasteiger partial charge on any atom is 0.343 e. The van der Waals surface area contributed by atoms with Gasteiger partial charge in [-0.25, -0.2) is 38.4 Å². The maximum atomic E-state index is 13.6. The topological polar surface area (TPSA) is 210 Å². The first-order valence-corrected chi connectivity index (χ1v) is 18.6. The molecule has 0 unspecified atom stereocenters. The molecule has 0 saturated carbocycles. The van der Waals surface area contributed by atoms with Crippen LogP contribution in [0.4, 0.5) is 0 Å². The van der Waals surface area contributed by atoms with Crippen LogP contribution in [0.1, 0.15) is 62.3 Å². The van der Waals surface area contributed by atoms with E-state index in [0.29, 0.717) is 10.8 Å². The highest BCUT2D eigenvalue weighted by molar-refractivity contribution is 5.99. The molecule has 16 nitrogen and oxygen atoms in total. The van der Waals surface area contributed by atoms with E-state index in [4.69, 9.17) is 37.9 Å². The predicted octanol–water partition coefficient (Wildman–Crippen LogP) is 8.17. The van der Waals surface area contributed by atoms with Crippen molar-refractivity contribution in [1.29, 1.82) is 0 Å². The van der Waals surface area contributed by atoms with E-state index in [0.717, 1.165) is 24.3 Å². The van der Waals surface area contributed by atoms with Gasteiger partial charge in [0.05, 0.1) is 11.1 Å². The second-order valence-corrected chi connectivity index (χ2v) is 14.1. The Hall–Kier alpha value is -8.66. The average Bonchev–Trinajstić information content (AvgIpc) is 3.22.